The van der Waals surface area contributed by atoms with Crippen molar-refractivity contribution in [3.05, 3.63) is 34.9 Å². The molecule has 1 fully saturated rings. The minimum absolute atomic E-state index is 0.280. The van der Waals surface area contributed by atoms with Gasteiger partial charge >= 0.3 is 0 Å². The van der Waals surface area contributed by atoms with E-state index in [1.54, 1.807) is 11.1 Å². The molecule has 2 atom stereocenters. The lowest BCUT2D eigenvalue weighted by molar-refractivity contribution is 0.0631. The molecule has 0 bridgehead atoms. The molecule has 1 aliphatic heterocycles. The van der Waals surface area contributed by atoms with Crippen LogP contribution in [-0.4, -0.2) is 25.8 Å². The molecule has 1 heterocycles. The van der Waals surface area contributed by atoms with E-state index in [9.17, 15) is 0 Å². The van der Waals surface area contributed by atoms with Crippen LogP contribution in [0.4, 0.5) is 0 Å². The van der Waals surface area contributed by atoms with Crippen LogP contribution in [0.1, 0.15) is 49.8 Å². The average Bonchev–Trinajstić information content (AvgIpc) is 3.07. The van der Waals surface area contributed by atoms with Gasteiger partial charge in [-0.15, -0.1) is 0 Å². The first-order chi connectivity index (χ1) is 10.2. The Labute approximate surface area is 129 Å². The highest BCUT2D eigenvalue weighted by atomic mass is 16.5. The first-order valence-corrected chi connectivity index (χ1v) is 8.66. The number of nitrogens with one attached hydrogen (secondary N) is 1. The number of hydrogen-bond donors (Lipinski definition) is 1. The molecule has 1 aromatic carbocycles. The van der Waals surface area contributed by atoms with E-state index in [4.69, 9.17) is 4.74 Å². The van der Waals surface area contributed by atoms with E-state index in [2.05, 4.69) is 37.4 Å². The third kappa shape index (κ3) is 3.17. The predicted octanol–water partition coefficient (Wildman–Crippen LogP) is 3.51. The Morgan fingerprint density at radius 1 is 1.29 bits per heavy atom. The average molecular weight is 287 g/mol. The smallest absolute Gasteiger partial charge is 0.0619 e. The van der Waals surface area contributed by atoms with Gasteiger partial charge in [-0.25, -0.2) is 0 Å². The predicted molar refractivity (Wildman–Crippen MR) is 87.8 cm³/mol. The zero-order valence-corrected chi connectivity index (χ0v) is 13.6. The van der Waals surface area contributed by atoms with Crippen LogP contribution in [0.5, 0.6) is 0 Å². The summed E-state index contributed by atoms with van der Waals surface area (Å²) in [6, 6.07) is 7.19. The summed E-state index contributed by atoms with van der Waals surface area (Å²) in [5.41, 5.74) is 4.96. The van der Waals surface area contributed by atoms with Crippen molar-refractivity contribution >= 4 is 0 Å². The molecule has 1 aliphatic carbocycles. The lowest BCUT2D eigenvalue weighted by Gasteiger charge is -2.33. The molecule has 0 saturated carbocycles. The monoisotopic (exact) mass is 287 g/mol. The number of benzene rings is 1. The summed E-state index contributed by atoms with van der Waals surface area (Å²) < 4.78 is 5.92. The zero-order valence-electron chi connectivity index (χ0n) is 13.6. The fourth-order valence-electron chi connectivity index (χ4n) is 4.00. The number of ether oxygens (including phenoxy) is 1. The first kappa shape index (κ1) is 15.1. The Hall–Kier alpha value is -0.860. The lowest BCUT2D eigenvalue weighted by atomic mass is 9.76. The Balaban J connectivity index is 1.75. The zero-order chi connectivity index (χ0) is 14.7. The van der Waals surface area contributed by atoms with Gasteiger partial charge in [0.05, 0.1) is 6.10 Å². The van der Waals surface area contributed by atoms with Crippen LogP contribution in [0.3, 0.4) is 0 Å². The minimum atomic E-state index is 0.280. The van der Waals surface area contributed by atoms with E-state index >= 15 is 0 Å². The molecule has 2 unspecified atom stereocenters. The molecule has 1 saturated heterocycles. The highest BCUT2D eigenvalue weighted by Crippen LogP contribution is 2.38. The summed E-state index contributed by atoms with van der Waals surface area (Å²) >= 11 is 0. The Kier molecular flexibility index (Phi) is 4.66. The fourth-order valence-corrected chi connectivity index (χ4v) is 4.00. The van der Waals surface area contributed by atoms with Crippen LogP contribution in [0.2, 0.25) is 0 Å². The van der Waals surface area contributed by atoms with Crippen LogP contribution in [0, 0.1) is 5.41 Å². The van der Waals surface area contributed by atoms with Gasteiger partial charge in [0.2, 0.25) is 0 Å². The third-order valence-corrected chi connectivity index (χ3v) is 5.45. The van der Waals surface area contributed by atoms with E-state index in [0.29, 0.717) is 6.10 Å². The maximum absolute atomic E-state index is 5.92. The Bertz CT molecular complexity index is 484. The number of hydrogen-bond acceptors (Lipinski definition) is 2. The van der Waals surface area contributed by atoms with Crippen molar-refractivity contribution in [2.75, 3.05) is 19.7 Å². The molecular weight excluding hydrogens is 258 g/mol. The van der Waals surface area contributed by atoms with Crippen LogP contribution in [0.15, 0.2) is 18.2 Å². The largest absolute Gasteiger partial charge is 0.378 e. The van der Waals surface area contributed by atoms with Crippen molar-refractivity contribution in [1.82, 2.24) is 5.32 Å². The van der Waals surface area contributed by atoms with Gasteiger partial charge in [0.25, 0.3) is 0 Å². The Morgan fingerprint density at radius 3 is 2.90 bits per heavy atom. The molecule has 21 heavy (non-hydrogen) atoms. The summed E-state index contributed by atoms with van der Waals surface area (Å²) in [5, 5.41) is 3.64. The van der Waals surface area contributed by atoms with E-state index in [0.717, 1.165) is 26.1 Å². The molecule has 2 heteroatoms. The molecule has 1 N–H and O–H groups in total. The van der Waals surface area contributed by atoms with E-state index < -0.39 is 0 Å². The highest BCUT2D eigenvalue weighted by molar-refractivity contribution is 5.36. The number of fused-ring (bicyclic) bond motifs is 1. The normalized spacial score (nSPS) is 28.0. The SMILES string of the molecule is CCCNCC1(Cc2ccc3c(c2)CCC3)CCOC1C. The van der Waals surface area contributed by atoms with Crippen molar-refractivity contribution in [3.63, 3.8) is 0 Å². The maximum Gasteiger partial charge on any atom is 0.0619 e. The second-order valence-corrected chi connectivity index (χ2v) is 6.94. The summed E-state index contributed by atoms with van der Waals surface area (Å²) in [7, 11) is 0. The standard InChI is InChI=1S/C19H29NO/c1-3-10-20-14-19(9-11-21-15(19)2)13-16-7-8-17-5-4-6-18(17)12-16/h7-8,12,15,20H,3-6,9-11,13-14H2,1-2H3. The molecule has 0 radical (unpaired) electrons. The highest BCUT2D eigenvalue weighted by Gasteiger charge is 2.41. The van der Waals surface area contributed by atoms with Gasteiger partial charge in [0.1, 0.15) is 0 Å². The van der Waals surface area contributed by atoms with Gasteiger partial charge in [0.15, 0.2) is 0 Å². The van der Waals surface area contributed by atoms with Gasteiger partial charge in [-0.1, -0.05) is 25.1 Å². The molecule has 116 valence electrons. The van der Waals surface area contributed by atoms with Crippen molar-refractivity contribution in [3.8, 4) is 0 Å². The summed E-state index contributed by atoms with van der Waals surface area (Å²) in [4.78, 5) is 0. The second-order valence-electron chi connectivity index (χ2n) is 6.94. The van der Waals surface area contributed by atoms with Crippen LogP contribution in [0.25, 0.3) is 0 Å². The molecule has 0 amide bonds. The van der Waals surface area contributed by atoms with Gasteiger partial charge < -0.3 is 10.1 Å². The van der Waals surface area contributed by atoms with Crippen molar-refractivity contribution < 1.29 is 4.74 Å². The molecule has 3 rings (SSSR count). The molecule has 0 aromatic heterocycles. The van der Waals surface area contributed by atoms with Crippen LogP contribution >= 0.6 is 0 Å². The van der Waals surface area contributed by atoms with E-state index in [-0.39, 0.29) is 5.41 Å². The van der Waals surface area contributed by atoms with Crippen molar-refractivity contribution in [2.24, 2.45) is 5.41 Å². The third-order valence-electron chi connectivity index (χ3n) is 5.45. The van der Waals surface area contributed by atoms with Crippen molar-refractivity contribution in [1.29, 1.82) is 0 Å². The van der Waals surface area contributed by atoms with E-state index in [1.807, 2.05) is 0 Å². The van der Waals surface area contributed by atoms with Crippen LogP contribution in [-0.2, 0) is 24.0 Å². The lowest BCUT2D eigenvalue weighted by Crippen LogP contribution is -2.41. The molecule has 1 aromatic rings. The molecule has 2 nitrogen and oxygen atoms in total. The summed E-state index contributed by atoms with van der Waals surface area (Å²) in [6.07, 6.45) is 7.77. The first-order valence-electron chi connectivity index (χ1n) is 8.66. The minimum Gasteiger partial charge on any atom is -0.378 e. The number of rotatable bonds is 6. The summed E-state index contributed by atoms with van der Waals surface area (Å²) in [6.45, 7) is 7.60. The van der Waals surface area contributed by atoms with Crippen LogP contribution < -0.4 is 5.32 Å². The summed E-state index contributed by atoms with van der Waals surface area (Å²) in [5.74, 6) is 0. The topological polar surface area (TPSA) is 21.3 Å². The van der Waals surface area contributed by atoms with Gasteiger partial charge in [0, 0.05) is 18.6 Å². The second kappa shape index (κ2) is 6.50. The Morgan fingerprint density at radius 2 is 2.14 bits per heavy atom. The molecule has 0 spiro atoms. The molecule has 2 aliphatic rings. The fraction of sp³-hybridized carbons (Fsp3) is 0.684. The van der Waals surface area contributed by atoms with Gasteiger partial charge in [-0.2, -0.15) is 0 Å². The van der Waals surface area contributed by atoms with E-state index in [1.165, 1.54) is 37.7 Å². The van der Waals surface area contributed by atoms with Gasteiger partial charge in [-0.05, 0) is 68.7 Å². The van der Waals surface area contributed by atoms with Gasteiger partial charge in [-0.3, -0.25) is 0 Å². The quantitative estimate of drug-likeness (QED) is 0.808. The number of aryl methyl sites for hydroxylation is 2. The maximum atomic E-state index is 5.92. The van der Waals surface area contributed by atoms with Crippen molar-refractivity contribution in [2.45, 2.75) is 58.5 Å². The molecular formula is C19H29NO.